The number of aliphatic hydroxyl groups is 1. The Bertz CT molecular complexity index is 1880. The number of aromatic hydroxyl groups is 4. The molecule has 2 atom stereocenters. The lowest BCUT2D eigenvalue weighted by Crippen LogP contribution is -2.38. The van der Waals surface area contributed by atoms with Crippen LogP contribution in [0.3, 0.4) is 0 Å². The van der Waals surface area contributed by atoms with E-state index in [4.69, 9.17) is 14.3 Å². The van der Waals surface area contributed by atoms with E-state index < -0.39 is 29.2 Å². The van der Waals surface area contributed by atoms with Gasteiger partial charge in [-0.25, -0.2) is 0 Å². The summed E-state index contributed by atoms with van der Waals surface area (Å²) in [5.41, 5.74) is 4.06. The van der Waals surface area contributed by atoms with E-state index in [0.29, 0.717) is 22.3 Å². The van der Waals surface area contributed by atoms with Gasteiger partial charge in [0, 0.05) is 12.0 Å². The Morgan fingerprint density at radius 3 is 2.08 bits per heavy atom. The quantitative estimate of drug-likeness (QED) is 0.153. The average Bonchev–Trinajstić information content (AvgIpc) is 3.00. The van der Waals surface area contributed by atoms with Crippen LogP contribution in [0.25, 0.3) is 0 Å². The van der Waals surface area contributed by atoms with Crippen molar-refractivity contribution in [1.82, 2.24) is 0 Å². The second kappa shape index (κ2) is 15.1. The van der Waals surface area contributed by atoms with Gasteiger partial charge in [0.05, 0.1) is 24.2 Å². The largest absolute Gasteiger partial charge is 0.511 e. The number of aliphatic hydroxyl groups excluding tert-OH is 1. The molecule has 5 N–H and O–H groups in total. The maximum Gasteiger partial charge on any atom is 0.373 e. The molecule has 0 fully saturated rings. The number of hydrogen-bond donors (Lipinski definition) is 5. The zero-order chi connectivity index (χ0) is 36.0. The number of allylic oxidation sites excluding steroid dienone is 5. The van der Waals surface area contributed by atoms with E-state index in [1.54, 1.807) is 32.9 Å². The molecular formula is C37H36O11. The summed E-state index contributed by atoms with van der Waals surface area (Å²) in [6, 6.07) is 10.3. The molecule has 0 saturated carbocycles. The summed E-state index contributed by atoms with van der Waals surface area (Å²) in [4.78, 5) is 53.8. The molecule has 0 aliphatic heterocycles. The van der Waals surface area contributed by atoms with Crippen LogP contribution in [0.1, 0.15) is 75.6 Å². The Morgan fingerprint density at radius 1 is 0.917 bits per heavy atom. The van der Waals surface area contributed by atoms with E-state index in [1.807, 2.05) is 13.0 Å². The van der Waals surface area contributed by atoms with Crippen molar-refractivity contribution in [3.05, 3.63) is 111 Å². The van der Waals surface area contributed by atoms with Gasteiger partial charge >= 0.3 is 6.15 Å². The van der Waals surface area contributed by atoms with Crippen molar-refractivity contribution in [3.63, 3.8) is 0 Å². The molecule has 0 radical (unpaired) electrons. The third-order valence-corrected chi connectivity index (χ3v) is 8.09. The maximum atomic E-state index is 12.6. The van der Waals surface area contributed by atoms with Crippen molar-refractivity contribution < 1.29 is 54.2 Å². The van der Waals surface area contributed by atoms with Crippen LogP contribution in [-0.2, 0) is 14.4 Å². The highest BCUT2D eigenvalue weighted by molar-refractivity contribution is 6.47. The van der Waals surface area contributed by atoms with Gasteiger partial charge in [-0.2, -0.15) is 9.59 Å². The standard InChI is InChI=1S/C20H20O4.C16H16O5.CO2/c1-4-6-10(2)13-9-14-12-7-5-8-15(21)16(12)19(23)20(24)17(14)18(22)11(13)3;1-8-4-11(18)15(12(19)5-8)16(20)14-9(2)6-10(17)7-13(14)21-3;2-1-3/h5,7-9,14,17,21-22H,2,4,6H2,1,3H3;4-7,17-19H,1-3H3;. The van der Waals surface area contributed by atoms with Gasteiger partial charge < -0.3 is 30.3 Å². The number of ether oxygens (including phenoxy) is 1. The third kappa shape index (κ3) is 7.06. The SMILES string of the molecule is C=C(CCC)C1=CC2c3cccc(O)c3C(=O)C(=O)C2C(O)=C1C.COc1cc(O)cc(C)c1C(=O)c1c(O)cc(C)cc1O.O=C=O. The van der Waals surface area contributed by atoms with Crippen LogP contribution in [0.2, 0.25) is 0 Å². The molecule has 2 unspecified atom stereocenters. The predicted octanol–water partition coefficient (Wildman–Crippen LogP) is 6.06. The number of rotatable bonds is 6. The molecule has 11 nitrogen and oxygen atoms in total. The number of carbonyl (C=O) groups is 3. The summed E-state index contributed by atoms with van der Waals surface area (Å²) in [5.74, 6) is -4.09. The summed E-state index contributed by atoms with van der Waals surface area (Å²) in [6.07, 6.45) is 3.86. The first kappa shape index (κ1) is 36.5. The van der Waals surface area contributed by atoms with Gasteiger partial charge in [0.25, 0.3) is 0 Å². The first-order valence-electron chi connectivity index (χ1n) is 14.8. The fourth-order valence-corrected chi connectivity index (χ4v) is 5.96. The predicted molar refractivity (Wildman–Crippen MR) is 173 cm³/mol. The maximum absolute atomic E-state index is 12.6. The lowest BCUT2D eigenvalue weighted by atomic mass is 9.67. The lowest BCUT2D eigenvalue weighted by Gasteiger charge is -2.34. The minimum absolute atomic E-state index is 0.0294. The molecule has 0 amide bonds. The van der Waals surface area contributed by atoms with Gasteiger partial charge in [-0.05, 0) is 84.9 Å². The molecule has 250 valence electrons. The van der Waals surface area contributed by atoms with Crippen LogP contribution >= 0.6 is 0 Å². The van der Waals surface area contributed by atoms with Gasteiger partial charge in [-0.15, -0.1) is 0 Å². The second-order valence-electron chi connectivity index (χ2n) is 11.3. The van der Waals surface area contributed by atoms with Crippen molar-refractivity contribution in [2.45, 2.75) is 46.5 Å². The van der Waals surface area contributed by atoms with Gasteiger partial charge in [0.1, 0.15) is 40.1 Å². The summed E-state index contributed by atoms with van der Waals surface area (Å²) < 4.78 is 5.11. The molecule has 48 heavy (non-hydrogen) atoms. The average molecular weight is 657 g/mol. The number of benzene rings is 3. The molecule has 3 aromatic rings. The highest BCUT2D eigenvalue weighted by atomic mass is 16.5. The van der Waals surface area contributed by atoms with E-state index in [9.17, 15) is 39.9 Å². The molecule has 0 bridgehead atoms. The molecule has 0 spiro atoms. The van der Waals surface area contributed by atoms with E-state index in [0.717, 1.165) is 24.0 Å². The monoisotopic (exact) mass is 656 g/mol. The number of phenols is 4. The van der Waals surface area contributed by atoms with Crippen LogP contribution in [-0.4, -0.2) is 56.1 Å². The second-order valence-corrected chi connectivity index (χ2v) is 11.3. The van der Waals surface area contributed by atoms with Crippen molar-refractivity contribution in [2.75, 3.05) is 7.11 Å². The van der Waals surface area contributed by atoms with Gasteiger partial charge in [-0.3, -0.25) is 14.4 Å². The van der Waals surface area contributed by atoms with Crippen LogP contribution in [0, 0.1) is 19.8 Å². The Kier molecular flexibility index (Phi) is 11.5. The van der Waals surface area contributed by atoms with Gasteiger partial charge in [0.2, 0.25) is 17.3 Å². The van der Waals surface area contributed by atoms with E-state index in [1.165, 1.54) is 37.4 Å². The molecule has 3 aromatic carbocycles. The number of ketones is 3. The minimum atomic E-state index is -0.912. The Hall–Kier alpha value is -5.93. The number of aryl methyl sites for hydroxylation is 2. The summed E-state index contributed by atoms with van der Waals surface area (Å²) >= 11 is 0. The third-order valence-electron chi connectivity index (χ3n) is 8.09. The summed E-state index contributed by atoms with van der Waals surface area (Å²) in [6.45, 7) is 11.2. The Balaban J connectivity index is 0.000000243. The first-order chi connectivity index (χ1) is 22.6. The number of Topliss-reactive ketones (excluding diaryl/α,β-unsaturated/α-hetero) is 2. The summed E-state index contributed by atoms with van der Waals surface area (Å²) in [7, 11) is 1.37. The van der Waals surface area contributed by atoms with Crippen LogP contribution in [0.5, 0.6) is 28.7 Å². The van der Waals surface area contributed by atoms with E-state index >= 15 is 0 Å². The molecule has 5 rings (SSSR count). The molecule has 11 heteroatoms. The van der Waals surface area contributed by atoms with Gasteiger partial charge in [-0.1, -0.05) is 38.1 Å². The van der Waals surface area contributed by atoms with Crippen molar-refractivity contribution in [3.8, 4) is 28.7 Å². The zero-order valence-corrected chi connectivity index (χ0v) is 27.1. The highest BCUT2D eigenvalue weighted by Gasteiger charge is 2.46. The highest BCUT2D eigenvalue weighted by Crippen LogP contribution is 2.47. The summed E-state index contributed by atoms with van der Waals surface area (Å²) in [5, 5.41) is 50.1. The van der Waals surface area contributed by atoms with Crippen molar-refractivity contribution >= 4 is 23.5 Å². The number of methoxy groups -OCH3 is 1. The molecule has 0 heterocycles. The molecular weight excluding hydrogens is 620 g/mol. The van der Waals surface area contributed by atoms with E-state index in [2.05, 4.69) is 6.58 Å². The first-order valence-corrected chi connectivity index (χ1v) is 14.8. The topological polar surface area (TPSA) is 196 Å². The number of phenolic OH excluding ortho intramolecular Hbond substituents is 4. The Morgan fingerprint density at radius 2 is 1.52 bits per heavy atom. The van der Waals surface area contributed by atoms with Crippen LogP contribution in [0.15, 0.2) is 77.6 Å². The molecule has 2 aliphatic carbocycles. The number of carbonyl (C=O) groups excluding carboxylic acids is 5. The molecule has 0 aromatic heterocycles. The normalized spacial score (nSPS) is 16.1. The van der Waals surface area contributed by atoms with E-state index in [-0.39, 0.29) is 57.3 Å². The van der Waals surface area contributed by atoms with Crippen molar-refractivity contribution in [1.29, 1.82) is 0 Å². The van der Waals surface area contributed by atoms with Crippen LogP contribution < -0.4 is 4.74 Å². The molecule has 0 saturated heterocycles. The smallest absolute Gasteiger partial charge is 0.373 e. The minimum Gasteiger partial charge on any atom is -0.511 e. The van der Waals surface area contributed by atoms with Gasteiger partial charge in [0.15, 0.2) is 0 Å². The lowest BCUT2D eigenvalue weighted by molar-refractivity contribution is -0.191. The van der Waals surface area contributed by atoms with Crippen LogP contribution in [0.4, 0.5) is 0 Å². The fraction of sp³-hybridized carbons (Fsp3) is 0.243. The fourth-order valence-electron chi connectivity index (χ4n) is 5.96. The molecule has 2 aliphatic rings. The number of hydrogen-bond acceptors (Lipinski definition) is 11. The van der Waals surface area contributed by atoms with Crippen molar-refractivity contribution in [2.24, 2.45) is 5.92 Å². The number of fused-ring (bicyclic) bond motifs is 3. The Labute approximate surface area is 276 Å². The zero-order valence-electron chi connectivity index (χ0n) is 27.1.